The zero-order valence-corrected chi connectivity index (χ0v) is 8.56. The van der Waals surface area contributed by atoms with Crippen LogP contribution in [0.1, 0.15) is 12.5 Å². The Morgan fingerprint density at radius 3 is 2.36 bits per heavy atom. The summed E-state index contributed by atoms with van der Waals surface area (Å²) in [6.45, 7) is 2.26. The molecule has 0 fully saturated rings. The quantitative estimate of drug-likeness (QED) is 0.743. The topological polar surface area (TPSA) is 46.5 Å². The first kappa shape index (κ1) is 12.7. The van der Waals surface area contributed by atoms with Gasteiger partial charge >= 0.3 is 5.97 Å². The SMILES string of the molecule is CCOC(=O)Cc1ccccc1.CO. The van der Waals surface area contributed by atoms with Crippen molar-refractivity contribution in [3.8, 4) is 0 Å². The molecule has 0 unspecified atom stereocenters. The number of aliphatic hydroxyl groups is 1. The van der Waals surface area contributed by atoms with Gasteiger partial charge < -0.3 is 9.84 Å². The van der Waals surface area contributed by atoms with Crippen LogP contribution >= 0.6 is 0 Å². The van der Waals surface area contributed by atoms with Crippen LogP contribution in [0, 0.1) is 0 Å². The predicted molar refractivity (Wildman–Crippen MR) is 54.9 cm³/mol. The number of esters is 1. The summed E-state index contributed by atoms with van der Waals surface area (Å²) in [6, 6.07) is 9.58. The normalized spacial score (nSPS) is 8.50. The number of hydrogen-bond donors (Lipinski definition) is 1. The molecule has 0 saturated heterocycles. The molecule has 0 radical (unpaired) electrons. The third-order valence-corrected chi connectivity index (χ3v) is 1.50. The van der Waals surface area contributed by atoms with Crippen LogP contribution in [-0.4, -0.2) is 24.8 Å². The fourth-order valence-corrected chi connectivity index (χ4v) is 0.975. The molecule has 0 saturated carbocycles. The van der Waals surface area contributed by atoms with Crippen molar-refractivity contribution in [2.45, 2.75) is 13.3 Å². The van der Waals surface area contributed by atoms with Crippen molar-refractivity contribution in [1.82, 2.24) is 0 Å². The second-order valence-electron chi connectivity index (χ2n) is 2.47. The number of benzene rings is 1. The van der Waals surface area contributed by atoms with Crippen LogP contribution in [0.25, 0.3) is 0 Å². The average molecular weight is 196 g/mol. The molecule has 0 aromatic heterocycles. The van der Waals surface area contributed by atoms with Crippen molar-refractivity contribution >= 4 is 5.97 Å². The van der Waals surface area contributed by atoms with Crippen molar-refractivity contribution in [2.24, 2.45) is 0 Å². The van der Waals surface area contributed by atoms with Crippen molar-refractivity contribution in [3.63, 3.8) is 0 Å². The lowest BCUT2D eigenvalue weighted by Gasteiger charge is -2.00. The molecule has 1 aromatic rings. The average Bonchev–Trinajstić information content (AvgIpc) is 2.22. The summed E-state index contributed by atoms with van der Waals surface area (Å²) in [5.74, 6) is -0.163. The van der Waals surface area contributed by atoms with Crippen LogP contribution < -0.4 is 0 Å². The van der Waals surface area contributed by atoms with E-state index in [0.29, 0.717) is 13.0 Å². The first-order valence-electron chi connectivity index (χ1n) is 4.47. The Labute approximate surface area is 84.3 Å². The number of rotatable bonds is 3. The van der Waals surface area contributed by atoms with Crippen LogP contribution in [0.5, 0.6) is 0 Å². The smallest absolute Gasteiger partial charge is 0.310 e. The highest BCUT2D eigenvalue weighted by Gasteiger charge is 2.01. The fourth-order valence-electron chi connectivity index (χ4n) is 0.975. The first-order valence-corrected chi connectivity index (χ1v) is 4.47. The van der Waals surface area contributed by atoms with Gasteiger partial charge in [-0.15, -0.1) is 0 Å². The van der Waals surface area contributed by atoms with Crippen LogP contribution in [0.15, 0.2) is 30.3 Å². The number of carbonyl (C=O) groups excluding carboxylic acids is 1. The number of hydrogen-bond acceptors (Lipinski definition) is 3. The highest BCUT2D eigenvalue weighted by atomic mass is 16.5. The van der Waals surface area contributed by atoms with Gasteiger partial charge in [0.05, 0.1) is 13.0 Å². The molecule has 0 heterocycles. The second-order valence-corrected chi connectivity index (χ2v) is 2.47. The van der Waals surface area contributed by atoms with Crippen molar-refractivity contribution in [3.05, 3.63) is 35.9 Å². The van der Waals surface area contributed by atoms with E-state index in [1.165, 1.54) is 0 Å². The summed E-state index contributed by atoms with van der Waals surface area (Å²) in [6.07, 6.45) is 0.370. The largest absolute Gasteiger partial charge is 0.466 e. The minimum absolute atomic E-state index is 0.163. The first-order chi connectivity index (χ1) is 6.83. The summed E-state index contributed by atoms with van der Waals surface area (Å²) >= 11 is 0. The molecule has 3 nitrogen and oxygen atoms in total. The van der Waals surface area contributed by atoms with Gasteiger partial charge in [0.25, 0.3) is 0 Å². The molecule has 78 valence electrons. The van der Waals surface area contributed by atoms with Crippen molar-refractivity contribution < 1.29 is 14.6 Å². The Bertz CT molecular complexity index is 244. The van der Waals surface area contributed by atoms with E-state index in [9.17, 15) is 4.79 Å². The van der Waals surface area contributed by atoms with E-state index in [1.807, 2.05) is 37.3 Å². The van der Waals surface area contributed by atoms with E-state index >= 15 is 0 Å². The van der Waals surface area contributed by atoms with E-state index in [-0.39, 0.29) is 5.97 Å². The molecule has 0 aliphatic carbocycles. The number of ether oxygens (including phenoxy) is 1. The van der Waals surface area contributed by atoms with Gasteiger partial charge in [0.1, 0.15) is 0 Å². The van der Waals surface area contributed by atoms with Crippen LogP contribution in [0.4, 0.5) is 0 Å². The molecule has 1 aromatic carbocycles. The zero-order chi connectivity index (χ0) is 10.8. The fraction of sp³-hybridized carbons (Fsp3) is 0.364. The highest BCUT2D eigenvalue weighted by molar-refractivity contribution is 5.72. The number of carbonyl (C=O) groups is 1. The highest BCUT2D eigenvalue weighted by Crippen LogP contribution is 2.00. The number of aliphatic hydroxyl groups excluding tert-OH is 1. The lowest BCUT2D eigenvalue weighted by molar-refractivity contribution is -0.142. The molecule has 3 heteroatoms. The van der Waals surface area contributed by atoms with Crippen molar-refractivity contribution in [1.29, 1.82) is 0 Å². The van der Waals surface area contributed by atoms with Gasteiger partial charge in [-0.3, -0.25) is 4.79 Å². The van der Waals surface area contributed by atoms with E-state index in [4.69, 9.17) is 9.84 Å². The van der Waals surface area contributed by atoms with Crippen LogP contribution in [0.3, 0.4) is 0 Å². The van der Waals surface area contributed by atoms with Gasteiger partial charge in [-0.05, 0) is 12.5 Å². The Hall–Kier alpha value is -1.35. The maximum absolute atomic E-state index is 11.0. The van der Waals surface area contributed by atoms with Gasteiger partial charge in [-0.25, -0.2) is 0 Å². The summed E-state index contributed by atoms with van der Waals surface area (Å²) in [7, 11) is 1.00. The third-order valence-electron chi connectivity index (χ3n) is 1.50. The summed E-state index contributed by atoms with van der Waals surface area (Å²) in [4.78, 5) is 11.0. The maximum atomic E-state index is 11.0. The minimum Gasteiger partial charge on any atom is -0.466 e. The predicted octanol–water partition coefficient (Wildman–Crippen LogP) is 1.40. The lowest BCUT2D eigenvalue weighted by Crippen LogP contribution is -2.06. The molecular weight excluding hydrogens is 180 g/mol. The Morgan fingerprint density at radius 1 is 1.29 bits per heavy atom. The molecule has 0 aliphatic heterocycles. The standard InChI is InChI=1S/C10H12O2.CH4O/c1-2-12-10(11)8-9-6-4-3-5-7-9;1-2/h3-7H,2,8H2,1H3;2H,1H3. The van der Waals surface area contributed by atoms with Gasteiger partial charge in [0.2, 0.25) is 0 Å². The molecule has 0 spiro atoms. The summed E-state index contributed by atoms with van der Waals surface area (Å²) in [5.41, 5.74) is 0.996. The van der Waals surface area contributed by atoms with Gasteiger partial charge in [0.15, 0.2) is 0 Å². The zero-order valence-electron chi connectivity index (χ0n) is 8.56. The lowest BCUT2D eigenvalue weighted by atomic mass is 10.2. The van der Waals surface area contributed by atoms with E-state index < -0.39 is 0 Å². The molecule has 0 bridgehead atoms. The monoisotopic (exact) mass is 196 g/mol. The molecule has 1 N–H and O–H groups in total. The molecule has 14 heavy (non-hydrogen) atoms. The minimum atomic E-state index is -0.163. The third kappa shape index (κ3) is 5.32. The Morgan fingerprint density at radius 2 is 1.86 bits per heavy atom. The Balaban J connectivity index is 0.000000791. The molecule has 0 aliphatic rings. The van der Waals surface area contributed by atoms with E-state index in [2.05, 4.69) is 0 Å². The Kier molecular flexibility index (Phi) is 7.46. The molecule has 0 amide bonds. The van der Waals surface area contributed by atoms with Gasteiger partial charge in [0, 0.05) is 7.11 Å². The molecule has 0 atom stereocenters. The molecular formula is C11H16O3. The maximum Gasteiger partial charge on any atom is 0.310 e. The van der Waals surface area contributed by atoms with E-state index in [1.54, 1.807) is 0 Å². The summed E-state index contributed by atoms with van der Waals surface area (Å²) in [5, 5.41) is 7.00. The second kappa shape index (κ2) is 8.26. The van der Waals surface area contributed by atoms with Gasteiger partial charge in [-0.1, -0.05) is 30.3 Å². The van der Waals surface area contributed by atoms with Crippen LogP contribution in [-0.2, 0) is 16.0 Å². The van der Waals surface area contributed by atoms with Gasteiger partial charge in [-0.2, -0.15) is 0 Å². The van der Waals surface area contributed by atoms with E-state index in [0.717, 1.165) is 12.7 Å². The summed E-state index contributed by atoms with van der Waals surface area (Å²) < 4.78 is 4.81. The van der Waals surface area contributed by atoms with Crippen molar-refractivity contribution in [2.75, 3.05) is 13.7 Å². The molecule has 1 rings (SSSR count). The van der Waals surface area contributed by atoms with Crippen LogP contribution in [0.2, 0.25) is 0 Å².